The maximum absolute atomic E-state index is 12.6. The van der Waals surface area contributed by atoms with Crippen LogP contribution < -0.4 is 16.0 Å². The monoisotopic (exact) mass is 412 g/mol. The van der Waals surface area contributed by atoms with E-state index in [9.17, 15) is 18.0 Å². The van der Waals surface area contributed by atoms with E-state index < -0.39 is 21.3 Å². The van der Waals surface area contributed by atoms with Crippen molar-refractivity contribution in [2.75, 3.05) is 6.54 Å². The highest BCUT2D eigenvalue weighted by Crippen LogP contribution is 2.19. The minimum atomic E-state index is -3.78. The van der Waals surface area contributed by atoms with Crippen molar-refractivity contribution in [2.24, 2.45) is 0 Å². The molecule has 0 saturated carbocycles. The molecular formula is C20H20N4O4S. The molecule has 0 saturated heterocycles. The predicted molar refractivity (Wildman–Crippen MR) is 112 cm³/mol. The number of aryl methyl sites for hydroxylation is 2. The molecule has 0 bridgehead atoms. The molecule has 0 atom stereocenters. The fraction of sp³-hybridized carbons (Fsp3) is 0.200. The van der Waals surface area contributed by atoms with E-state index >= 15 is 0 Å². The van der Waals surface area contributed by atoms with Gasteiger partial charge in [-0.2, -0.15) is 0 Å². The number of rotatable bonds is 6. The van der Waals surface area contributed by atoms with Crippen LogP contribution in [0.15, 0.2) is 63.0 Å². The standard InChI is InChI=1S/C20H20N4O4S/c1-13-11-14-5-2-3-6-18(14)24(13)10-4-9-21-29(27,28)15-7-8-17-16(12-15)19(25)23-20(26)22-17/h2-3,5-8,11-12,21H,4,9-10H2,1H3,(H2,22,23,25,26). The number of benzene rings is 2. The third-order valence-corrected chi connectivity index (χ3v) is 6.35. The number of hydrogen-bond donors (Lipinski definition) is 3. The number of para-hydroxylation sites is 1. The topological polar surface area (TPSA) is 117 Å². The highest BCUT2D eigenvalue weighted by Gasteiger charge is 2.15. The van der Waals surface area contributed by atoms with E-state index in [1.807, 2.05) is 25.1 Å². The normalized spacial score (nSPS) is 12.0. The van der Waals surface area contributed by atoms with Crippen LogP contribution in [0, 0.1) is 6.92 Å². The van der Waals surface area contributed by atoms with Crippen molar-refractivity contribution >= 4 is 31.8 Å². The lowest BCUT2D eigenvalue weighted by Gasteiger charge is -2.10. The van der Waals surface area contributed by atoms with Gasteiger partial charge in [-0.3, -0.25) is 9.78 Å². The van der Waals surface area contributed by atoms with Gasteiger partial charge in [-0.1, -0.05) is 18.2 Å². The summed E-state index contributed by atoms with van der Waals surface area (Å²) in [5.41, 5.74) is 1.26. The average Bonchev–Trinajstić information content (AvgIpc) is 3.00. The van der Waals surface area contributed by atoms with E-state index in [0.29, 0.717) is 13.0 Å². The lowest BCUT2D eigenvalue weighted by molar-refractivity contribution is 0.571. The van der Waals surface area contributed by atoms with E-state index in [1.54, 1.807) is 0 Å². The summed E-state index contributed by atoms with van der Waals surface area (Å²) in [4.78, 5) is 27.8. The first-order valence-corrected chi connectivity index (χ1v) is 10.6. The summed E-state index contributed by atoms with van der Waals surface area (Å²) in [5.74, 6) is 0. The highest BCUT2D eigenvalue weighted by atomic mass is 32.2. The third-order valence-electron chi connectivity index (χ3n) is 4.89. The van der Waals surface area contributed by atoms with Crippen LogP contribution >= 0.6 is 0 Å². The summed E-state index contributed by atoms with van der Waals surface area (Å²) in [6.07, 6.45) is 0.611. The Balaban J connectivity index is 1.48. The van der Waals surface area contributed by atoms with Crippen LogP contribution in [0.25, 0.3) is 21.8 Å². The molecule has 2 aromatic carbocycles. The molecule has 0 amide bonds. The van der Waals surface area contributed by atoms with E-state index in [-0.39, 0.29) is 22.3 Å². The number of sulfonamides is 1. The van der Waals surface area contributed by atoms with Gasteiger partial charge in [0.2, 0.25) is 10.0 Å². The molecule has 0 spiro atoms. The van der Waals surface area contributed by atoms with E-state index in [0.717, 1.165) is 16.6 Å². The number of aromatic nitrogens is 3. The molecule has 29 heavy (non-hydrogen) atoms. The molecule has 0 aliphatic heterocycles. The second-order valence-corrected chi connectivity index (χ2v) is 8.63. The highest BCUT2D eigenvalue weighted by molar-refractivity contribution is 7.89. The van der Waals surface area contributed by atoms with E-state index in [1.165, 1.54) is 18.2 Å². The van der Waals surface area contributed by atoms with E-state index in [2.05, 4.69) is 31.4 Å². The molecule has 0 fully saturated rings. The van der Waals surface area contributed by atoms with Gasteiger partial charge in [-0.15, -0.1) is 0 Å². The van der Waals surface area contributed by atoms with Gasteiger partial charge in [0.05, 0.1) is 15.8 Å². The fourth-order valence-corrected chi connectivity index (χ4v) is 4.58. The van der Waals surface area contributed by atoms with Gasteiger partial charge in [-0.25, -0.2) is 17.9 Å². The van der Waals surface area contributed by atoms with Crippen LogP contribution in [-0.4, -0.2) is 29.5 Å². The zero-order chi connectivity index (χ0) is 20.6. The maximum Gasteiger partial charge on any atom is 0.326 e. The molecule has 0 aliphatic rings. The number of fused-ring (bicyclic) bond motifs is 2. The predicted octanol–water partition coefficient (Wildman–Crippen LogP) is 1.85. The smallest absolute Gasteiger partial charge is 0.326 e. The molecule has 0 radical (unpaired) electrons. The van der Waals surface area contributed by atoms with Crippen LogP contribution in [0.5, 0.6) is 0 Å². The Morgan fingerprint density at radius 1 is 1.03 bits per heavy atom. The molecule has 8 nitrogen and oxygen atoms in total. The number of nitrogens with one attached hydrogen (secondary N) is 3. The van der Waals surface area contributed by atoms with Gasteiger partial charge in [0.1, 0.15) is 0 Å². The van der Waals surface area contributed by atoms with Crippen LogP contribution in [0.3, 0.4) is 0 Å². The summed E-state index contributed by atoms with van der Waals surface area (Å²) in [6, 6.07) is 14.2. The summed E-state index contributed by atoms with van der Waals surface area (Å²) in [7, 11) is -3.78. The van der Waals surface area contributed by atoms with Crippen LogP contribution in [0.2, 0.25) is 0 Å². The zero-order valence-corrected chi connectivity index (χ0v) is 16.5. The van der Waals surface area contributed by atoms with Crippen LogP contribution in [0.1, 0.15) is 12.1 Å². The van der Waals surface area contributed by atoms with Crippen molar-refractivity contribution in [3.8, 4) is 0 Å². The van der Waals surface area contributed by atoms with Gasteiger partial charge in [-0.05, 0) is 49.1 Å². The molecule has 2 aromatic heterocycles. The summed E-state index contributed by atoms with van der Waals surface area (Å²) < 4.78 is 29.9. The second kappa shape index (κ2) is 7.34. The maximum atomic E-state index is 12.6. The molecule has 4 rings (SSSR count). The quantitative estimate of drug-likeness (QED) is 0.419. The van der Waals surface area contributed by atoms with Crippen molar-refractivity contribution in [2.45, 2.75) is 24.8 Å². The largest absolute Gasteiger partial charge is 0.345 e. The average molecular weight is 412 g/mol. The molecule has 3 N–H and O–H groups in total. The summed E-state index contributed by atoms with van der Waals surface area (Å²) in [6.45, 7) is 2.97. The molecule has 4 aromatic rings. The Bertz CT molecular complexity index is 1430. The van der Waals surface area contributed by atoms with Gasteiger partial charge in [0.25, 0.3) is 5.56 Å². The molecular weight excluding hydrogens is 392 g/mol. The Kier molecular flexibility index (Phi) is 4.85. The SMILES string of the molecule is Cc1cc2ccccc2n1CCCNS(=O)(=O)c1ccc2[nH]c(=O)[nH]c(=O)c2c1. The Morgan fingerprint density at radius 3 is 2.66 bits per heavy atom. The van der Waals surface area contributed by atoms with Gasteiger partial charge in [0.15, 0.2) is 0 Å². The first-order valence-electron chi connectivity index (χ1n) is 9.16. The zero-order valence-electron chi connectivity index (χ0n) is 15.7. The van der Waals surface area contributed by atoms with Gasteiger partial charge < -0.3 is 9.55 Å². The van der Waals surface area contributed by atoms with Crippen molar-refractivity contribution in [1.82, 2.24) is 19.3 Å². The molecule has 150 valence electrons. The Morgan fingerprint density at radius 2 is 1.83 bits per heavy atom. The lowest BCUT2D eigenvalue weighted by atomic mass is 10.2. The first-order chi connectivity index (χ1) is 13.8. The number of aromatic amines is 2. The Labute approximate surface area is 166 Å². The molecule has 2 heterocycles. The first kappa shape index (κ1) is 19.2. The van der Waals surface area contributed by atoms with Crippen LogP contribution in [-0.2, 0) is 16.6 Å². The number of H-pyrrole nitrogens is 2. The Hall–Kier alpha value is -3.17. The van der Waals surface area contributed by atoms with Crippen molar-refractivity contribution in [3.63, 3.8) is 0 Å². The van der Waals surface area contributed by atoms with Crippen LogP contribution in [0.4, 0.5) is 0 Å². The third kappa shape index (κ3) is 3.74. The summed E-state index contributed by atoms with van der Waals surface area (Å²) >= 11 is 0. The minimum absolute atomic E-state index is 0.0230. The fourth-order valence-electron chi connectivity index (χ4n) is 3.48. The number of hydrogen-bond acceptors (Lipinski definition) is 4. The van der Waals surface area contributed by atoms with Crippen molar-refractivity contribution in [3.05, 3.63) is 75.1 Å². The van der Waals surface area contributed by atoms with Gasteiger partial charge >= 0.3 is 5.69 Å². The van der Waals surface area contributed by atoms with Crippen molar-refractivity contribution in [1.29, 1.82) is 0 Å². The molecule has 9 heteroatoms. The summed E-state index contributed by atoms with van der Waals surface area (Å²) in [5, 5.41) is 1.27. The number of nitrogens with zero attached hydrogens (tertiary/aromatic N) is 1. The molecule has 0 unspecified atom stereocenters. The van der Waals surface area contributed by atoms with Crippen molar-refractivity contribution < 1.29 is 8.42 Å². The second-order valence-electron chi connectivity index (χ2n) is 6.86. The molecule has 0 aliphatic carbocycles. The lowest BCUT2D eigenvalue weighted by Crippen LogP contribution is -2.26. The van der Waals surface area contributed by atoms with Gasteiger partial charge in [0, 0.05) is 24.3 Å². The van der Waals surface area contributed by atoms with E-state index in [4.69, 9.17) is 0 Å². The minimum Gasteiger partial charge on any atom is -0.345 e.